The molecule has 2 rings (SSSR count). The Balaban J connectivity index is 0.00000264. The van der Waals surface area contributed by atoms with E-state index in [1.165, 1.54) is 6.42 Å². The molecule has 1 fully saturated rings. The zero-order valence-corrected chi connectivity index (χ0v) is 15.9. The minimum absolute atomic E-state index is 0. The van der Waals surface area contributed by atoms with E-state index in [0.29, 0.717) is 36.1 Å². The van der Waals surface area contributed by atoms with Gasteiger partial charge in [0.05, 0.1) is 18.2 Å². The van der Waals surface area contributed by atoms with Gasteiger partial charge in [-0.05, 0) is 66.8 Å². The predicted octanol–water partition coefficient (Wildman–Crippen LogP) is 3.01. The van der Waals surface area contributed by atoms with Crippen molar-refractivity contribution in [2.24, 2.45) is 5.92 Å². The number of hydrogen-bond acceptors (Lipinski definition) is 4. The summed E-state index contributed by atoms with van der Waals surface area (Å²) < 4.78 is 11.6. The minimum atomic E-state index is -0.0898. The Kier molecular flexibility index (Phi) is 8.73. The lowest BCUT2D eigenvalue weighted by Gasteiger charge is -2.14. The van der Waals surface area contributed by atoms with Crippen LogP contribution in [0.2, 0.25) is 0 Å². The number of nitrogens with one attached hydrogen (secondary N) is 2. The van der Waals surface area contributed by atoms with Crippen molar-refractivity contribution in [2.75, 3.05) is 33.4 Å². The van der Waals surface area contributed by atoms with E-state index in [-0.39, 0.29) is 18.3 Å². The summed E-state index contributed by atoms with van der Waals surface area (Å²) in [4.78, 5) is 12.3. The number of amides is 1. The summed E-state index contributed by atoms with van der Waals surface area (Å²) in [5.41, 5.74) is 0.566. The molecule has 0 aliphatic carbocycles. The van der Waals surface area contributed by atoms with Crippen LogP contribution < -0.4 is 20.1 Å². The molecule has 0 saturated carbocycles. The van der Waals surface area contributed by atoms with Gasteiger partial charge in [0.25, 0.3) is 5.91 Å². The first-order valence-electron chi connectivity index (χ1n) is 7.65. The first-order valence-corrected chi connectivity index (χ1v) is 8.44. The topological polar surface area (TPSA) is 59.6 Å². The van der Waals surface area contributed by atoms with E-state index in [1.54, 1.807) is 19.2 Å². The maximum Gasteiger partial charge on any atom is 0.251 e. The van der Waals surface area contributed by atoms with Crippen molar-refractivity contribution in [1.82, 2.24) is 10.6 Å². The molecule has 1 atom stereocenters. The molecule has 130 valence electrons. The smallest absolute Gasteiger partial charge is 0.251 e. The maximum atomic E-state index is 12.3. The van der Waals surface area contributed by atoms with E-state index >= 15 is 0 Å². The average Bonchev–Trinajstić information content (AvgIpc) is 3.02. The predicted molar refractivity (Wildman–Crippen MR) is 97.0 cm³/mol. The quantitative estimate of drug-likeness (QED) is 0.729. The fourth-order valence-corrected chi connectivity index (χ4v) is 3.14. The second-order valence-electron chi connectivity index (χ2n) is 5.33. The van der Waals surface area contributed by atoms with Crippen LogP contribution in [-0.4, -0.2) is 39.3 Å². The van der Waals surface area contributed by atoms with Crippen LogP contribution in [0.1, 0.15) is 30.1 Å². The monoisotopic (exact) mass is 406 g/mol. The zero-order chi connectivity index (χ0) is 15.9. The van der Waals surface area contributed by atoms with Crippen molar-refractivity contribution in [3.63, 3.8) is 0 Å². The van der Waals surface area contributed by atoms with Crippen molar-refractivity contribution >= 4 is 34.2 Å². The summed E-state index contributed by atoms with van der Waals surface area (Å²) in [6.45, 7) is 5.28. The molecule has 7 heteroatoms. The van der Waals surface area contributed by atoms with Crippen LogP contribution in [0.4, 0.5) is 0 Å². The van der Waals surface area contributed by atoms with E-state index in [0.717, 1.165) is 24.0 Å². The number of carbonyl (C=O) groups is 1. The van der Waals surface area contributed by atoms with Crippen molar-refractivity contribution in [3.05, 3.63) is 22.2 Å². The second kappa shape index (κ2) is 10.0. The molecule has 1 unspecified atom stereocenters. The Morgan fingerprint density at radius 1 is 1.48 bits per heavy atom. The Bertz CT molecular complexity index is 522. The molecule has 1 aliphatic heterocycles. The Morgan fingerprint density at radius 2 is 2.26 bits per heavy atom. The van der Waals surface area contributed by atoms with Crippen molar-refractivity contribution in [3.8, 4) is 11.5 Å². The van der Waals surface area contributed by atoms with Gasteiger partial charge in [-0.25, -0.2) is 0 Å². The summed E-state index contributed by atoms with van der Waals surface area (Å²) in [6, 6.07) is 3.47. The number of carbonyl (C=O) groups excluding carboxylic acids is 1. The first-order chi connectivity index (χ1) is 10.7. The molecule has 1 aromatic rings. The Labute approximate surface area is 152 Å². The lowest BCUT2D eigenvalue weighted by Crippen LogP contribution is -2.26. The summed E-state index contributed by atoms with van der Waals surface area (Å²) in [6.07, 6.45) is 2.20. The van der Waals surface area contributed by atoms with Gasteiger partial charge in [0.15, 0.2) is 11.5 Å². The number of hydrogen-bond donors (Lipinski definition) is 2. The van der Waals surface area contributed by atoms with Gasteiger partial charge in [-0.15, -0.1) is 12.4 Å². The van der Waals surface area contributed by atoms with E-state index in [1.807, 2.05) is 6.92 Å². The first kappa shape index (κ1) is 20.1. The molecular weight excluding hydrogens is 384 g/mol. The van der Waals surface area contributed by atoms with E-state index < -0.39 is 0 Å². The summed E-state index contributed by atoms with van der Waals surface area (Å²) in [5.74, 6) is 1.76. The van der Waals surface area contributed by atoms with Gasteiger partial charge in [0, 0.05) is 12.1 Å². The van der Waals surface area contributed by atoms with Crippen molar-refractivity contribution < 1.29 is 14.3 Å². The highest BCUT2D eigenvalue weighted by Gasteiger charge is 2.17. The van der Waals surface area contributed by atoms with Crippen LogP contribution in [-0.2, 0) is 0 Å². The average molecular weight is 408 g/mol. The molecule has 0 radical (unpaired) electrons. The van der Waals surface area contributed by atoms with Gasteiger partial charge in [-0.2, -0.15) is 0 Å². The highest BCUT2D eigenvalue weighted by molar-refractivity contribution is 9.10. The van der Waals surface area contributed by atoms with Crippen molar-refractivity contribution in [1.29, 1.82) is 0 Å². The molecule has 1 aromatic carbocycles. The fourth-order valence-electron chi connectivity index (χ4n) is 2.59. The van der Waals surface area contributed by atoms with Crippen molar-refractivity contribution in [2.45, 2.75) is 19.8 Å². The molecule has 0 spiro atoms. The molecule has 1 heterocycles. The number of ether oxygens (including phenoxy) is 2. The lowest BCUT2D eigenvalue weighted by molar-refractivity contribution is 0.0951. The van der Waals surface area contributed by atoms with Crippen LogP contribution in [0.3, 0.4) is 0 Å². The third-order valence-electron chi connectivity index (χ3n) is 3.78. The molecule has 2 N–H and O–H groups in total. The van der Waals surface area contributed by atoms with Crippen LogP contribution in [0, 0.1) is 5.92 Å². The number of rotatable bonds is 7. The normalized spacial score (nSPS) is 16.6. The second-order valence-corrected chi connectivity index (χ2v) is 6.18. The Hall–Kier alpha value is -0.980. The molecule has 0 bridgehead atoms. The molecular formula is C16H24BrClN2O3. The number of methoxy groups -OCH3 is 1. The van der Waals surface area contributed by atoms with Crippen LogP contribution in [0.5, 0.6) is 11.5 Å². The standard InChI is InChI=1S/C16H23BrN2O3.ClH/c1-3-22-15-13(17)8-12(9-14(15)21-2)16(20)19-7-5-11-4-6-18-10-11;/h8-9,11,18H,3-7,10H2,1-2H3,(H,19,20);1H. The fraction of sp³-hybridized carbons (Fsp3) is 0.562. The van der Waals surface area contributed by atoms with E-state index in [9.17, 15) is 4.79 Å². The highest BCUT2D eigenvalue weighted by atomic mass is 79.9. The molecule has 1 aliphatic rings. The van der Waals surface area contributed by atoms with Gasteiger partial charge in [-0.1, -0.05) is 0 Å². The summed E-state index contributed by atoms with van der Waals surface area (Å²) in [5, 5.41) is 6.31. The third kappa shape index (κ3) is 5.55. The minimum Gasteiger partial charge on any atom is -0.493 e. The molecule has 0 aromatic heterocycles. The maximum absolute atomic E-state index is 12.3. The lowest BCUT2D eigenvalue weighted by atomic mass is 10.1. The van der Waals surface area contributed by atoms with E-state index in [2.05, 4.69) is 26.6 Å². The summed E-state index contributed by atoms with van der Waals surface area (Å²) >= 11 is 3.44. The zero-order valence-electron chi connectivity index (χ0n) is 13.5. The number of benzene rings is 1. The SMILES string of the molecule is CCOc1c(Br)cc(C(=O)NCCC2CCNC2)cc1OC.Cl. The van der Waals surface area contributed by atoms with Crippen LogP contribution >= 0.6 is 28.3 Å². The Morgan fingerprint density at radius 3 is 2.87 bits per heavy atom. The third-order valence-corrected chi connectivity index (χ3v) is 4.37. The largest absolute Gasteiger partial charge is 0.493 e. The molecule has 23 heavy (non-hydrogen) atoms. The van der Waals surface area contributed by atoms with Gasteiger partial charge >= 0.3 is 0 Å². The van der Waals surface area contributed by atoms with Gasteiger partial charge in [0.2, 0.25) is 0 Å². The van der Waals surface area contributed by atoms with E-state index in [4.69, 9.17) is 9.47 Å². The summed E-state index contributed by atoms with van der Waals surface area (Å²) in [7, 11) is 1.57. The van der Waals surface area contributed by atoms with Gasteiger partial charge in [0.1, 0.15) is 0 Å². The van der Waals surface area contributed by atoms with Crippen LogP contribution in [0.15, 0.2) is 16.6 Å². The van der Waals surface area contributed by atoms with Gasteiger partial charge < -0.3 is 20.1 Å². The molecule has 1 saturated heterocycles. The molecule has 5 nitrogen and oxygen atoms in total. The van der Waals surface area contributed by atoms with Crippen LogP contribution in [0.25, 0.3) is 0 Å². The highest BCUT2D eigenvalue weighted by Crippen LogP contribution is 2.36. The van der Waals surface area contributed by atoms with Gasteiger partial charge in [-0.3, -0.25) is 4.79 Å². The molecule has 1 amide bonds. The number of halogens is 2.